The van der Waals surface area contributed by atoms with Gasteiger partial charge in [-0.2, -0.15) is 0 Å². The van der Waals surface area contributed by atoms with Crippen molar-refractivity contribution in [3.63, 3.8) is 0 Å². The van der Waals surface area contributed by atoms with E-state index < -0.39 is 6.16 Å². The molecule has 12 heavy (non-hydrogen) atoms. The molecule has 0 atom stereocenters. The number of hydrogen-bond acceptors (Lipinski definition) is 3. The van der Waals surface area contributed by atoms with Gasteiger partial charge < -0.3 is 47.9 Å². The summed E-state index contributed by atoms with van der Waals surface area (Å²) in [7, 11) is 0. The van der Waals surface area contributed by atoms with Gasteiger partial charge in [-0.3, -0.25) is 0 Å². The summed E-state index contributed by atoms with van der Waals surface area (Å²) in [5.41, 5.74) is 0. The third-order valence-electron chi connectivity index (χ3n) is 0. The first-order chi connectivity index (χ1) is 1.73. The molecular weight excluding hydrogens is 202 g/mol. The predicted octanol–water partition coefficient (Wildman–Crippen LogP) is -13.4. The van der Waals surface area contributed by atoms with Crippen molar-refractivity contribution in [2.75, 3.05) is 0 Å². The number of rotatable bonds is 0. The molecule has 0 saturated heterocycles. The average molecular weight is 214 g/mol. The Morgan fingerprint density at radius 1 is 0.667 bits per heavy atom. The van der Waals surface area contributed by atoms with E-state index in [0.717, 1.165) is 0 Å². The van der Waals surface area contributed by atoms with E-state index in [2.05, 4.69) is 0 Å². The molecule has 72 valence electrons. The molecule has 0 heterocycles. The molecule has 12 N–H and O–H groups in total. The second-order valence-electron chi connectivity index (χ2n) is 0.250. The fourth-order valence-electron chi connectivity index (χ4n) is 0. The van der Waals surface area contributed by atoms with Crippen molar-refractivity contribution in [2.45, 2.75) is 0 Å². The van der Waals surface area contributed by atoms with Crippen LogP contribution in [-0.4, -0.2) is 39.0 Å². The Balaban J connectivity index is -0.00000000161. The molecule has 0 unspecified atom stereocenters. The molecule has 0 aliphatic carbocycles. The standard InChI is InChI=1S/CH2O3.2Na.6H2O/c2-1(3)4;;;;;;;;/h(H2,2,3,4);;;6*1H2/q;2*+1;;;;;;/p-2. The number of carbonyl (C=O) groups is 1. The first-order valence-corrected chi connectivity index (χ1v) is 0.612. The van der Waals surface area contributed by atoms with E-state index in [1.54, 1.807) is 0 Å². The van der Waals surface area contributed by atoms with Crippen LogP contribution in [0, 0.1) is 0 Å². The maximum Gasteiger partial charge on any atom is 1.00 e. The van der Waals surface area contributed by atoms with Crippen molar-refractivity contribution in [3.8, 4) is 0 Å². The van der Waals surface area contributed by atoms with Gasteiger partial charge in [0.2, 0.25) is 0 Å². The third kappa shape index (κ3) is 1050. The van der Waals surface area contributed by atoms with E-state index in [0.29, 0.717) is 0 Å². The fraction of sp³-hybridized carbons (Fsp3) is 0. The summed E-state index contributed by atoms with van der Waals surface area (Å²) in [6.45, 7) is 0. The van der Waals surface area contributed by atoms with E-state index in [1.165, 1.54) is 0 Å². The molecule has 0 aliphatic heterocycles. The molecule has 0 aromatic heterocycles. The second-order valence-corrected chi connectivity index (χ2v) is 0.250. The van der Waals surface area contributed by atoms with Crippen molar-refractivity contribution in [1.82, 2.24) is 0 Å². The van der Waals surface area contributed by atoms with Crippen LogP contribution in [-0.2, 0) is 0 Å². The summed E-state index contributed by atoms with van der Waals surface area (Å²) >= 11 is 0. The molecular formula is CH12Na2O9. The first-order valence-electron chi connectivity index (χ1n) is 0.612. The van der Waals surface area contributed by atoms with Gasteiger partial charge in [0.25, 0.3) is 0 Å². The Morgan fingerprint density at radius 3 is 0.667 bits per heavy atom. The molecule has 11 heteroatoms. The maximum absolute atomic E-state index is 8.33. The summed E-state index contributed by atoms with van der Waals surface area (Å²) in [5.74, 6) is 0. The van der Waals surface area contributed by atoms with Gasteiger partial charge in [0.15, 0.2) is 0 Å². The molecule has 0 aromatic rings. The van der Waals surface area contributed by atoms with E-state index in [4.69, 9.17) is 15.0 Å². The molecule has 0 bridgehead atoms. The van der Waals surface area contributed by atoms with Crippen molar-refractivity contribution < 1.29 is 107 Å². The van der Waals surface area contributed by atoms with Crippen LogP contribution in [0.3, 0.4) is 0 Å². The van der Waals surface area contributed by atoms with Crippen LogP contribution in [0.15, 0.2) is 0 Å². The Morgan fingerprint density at radius 2 is 0.667 bits per heavy atom. The van der Waals surface area contributed by atoms with Gasteiger partial charge in [0.05, 0.1) is 0 Å². The van der Waals surface area contributed by atoms with Crippen LogP contribution in [0.5, 0.6) is 0 Å². The minimum Gasteiger partial charge on any atom is -0.652 e. The van der Waals surface area contributed by atoms with E-state index in [-0.39, 0.29) is 92.0 Å². The number of carboxylic acid groups (broad SMARTS) is 2. The zero-order valence-electron chi connectivity index (χ0n) is 6.72. The summed E-state index contributed by atoms with van der Waals surface area (Å²) in [6, 6.07) is 0. The molecule has 0 spiro atoms. The predicted molar refractivity (Wildman–Crippen MR) is 27.1 cm³/mol. The molecule has 0 radical (unpaired) electrons. The van der Waals surface area contributed by atoms with Gasteiger partial charge in [-0.05, 0) is 6.16 Å². The zero-order valence-corrected chi connectivity index (χ0v) is 10.7. The minimum atomic E-state index is -2.33. The van der Waals surface area contributed by atoms with Crippen molar-refractivity contribution in [3.05, 3.63) is 0 Å². The zero-order chi connectivity index (χ0) is 3.58. The smallest absolute Gasteiger partial charge is 0.652 e. The molecule has 9 nitrogen and oxygen atoms in total. The van der Waals surface area contributed by atoms with Crippen molar-refractivity contribution in [2.24, 2.45) is 0 Å². The van der Waals surface area contributed by atoms with Gasteiger partial charge in [-0.25, -0.2) is 0 Å². The summed E-state index contributed by atoms with van der Waals surface area (Å²) in [6.07, 6.45) is -2.33. The van der Waals surface area contributed by atoms with Crippen LogP contribution in [0.4, 0.5) is 4.79 Å². The van der Waals surface area contributed by atoms with Gasteiger partial charge >= 0.3 is 59.1 Å². The van der Waals surface area contributed by atoms with Gasteiger partial charge in [0, 0.05) is 0 Å². The van der Waals surface area contributed by atoms with E-state index in [1.807, 2.05) is 0 Å². The monoisotopic (exact) mass is 214 g/mol. The maximum atomic E-state index is 8.33. The SMILES string of the molecule is O.O.O.O.O.O.O=C([O-])[O-].[Na+].[Na+]. The molecule has 0 amide bonds. The van der Waals surface area contributed by atoms with Gasteiger partial charge in [-0.15, -0.1) is 0 Å². The van der Waals surface area contributed by atoms with Crippen molar-refractivity contribution in [1.29, 1.82) is 0 Å². The largest absolute Gasteiger partial charge is 1.00 e. The molecule has 0 aromatic carbocycles. The normalized spacial score (nSPS) is 2.00. The van der Waals surface area contributed by atoms with Crippen LogP contribution >= 0.6 is 0 Å². The van der Waals surface area contributed by atoms with Crippen LogP contribution in [0.2, 0.25) is 0 Å². The van der Waals surface area contributed by atoms with Crippen LogP contribution in [0.25, 0.3) is 0 Å². The van der Waals surface area contributed by atoms with Crippen molar-refractivity contribution >= 4 is 6.16 Å². The minimum absolute atomic E-state index is 0. The Kier molecular flexibility index (Phi) is 872. The van der Waals surface area contributed by atoms with Crippen LogP contribution < -0.4 is 69.3 Å². The van der Waals surface area contributed by atoms with Gasteiger partial charge in [-0.1, -0.05) is 0 Å². The summed E-state index contributed by atoms with van der Waals surface area (Å²) in [5, 5.41) is 16.7. The number of carbonyl (C=O) groups excluding carboxylic acids is 1. The Labute approximate surface area is 112 Å². The Hall–Kier alpha value is 1.03. The van der Waals surface area contributed by atoms with E-state index >= 15 is 0 Å². The quantitative estimate of drug-likeness (QED) is 0.356. The number of hydrogen-bond donors (Lipinski definition) is 0. The van der Waals surface area contributed by atoms with E-state index in [9.17, 15) is 0 Å². The topological polar surface area (TPSA) is 252 Å². The Bertz CT molecular complexity index is 35.5. The van der Waals surface area contributed by atoms with Crippen LogP contribution in [0.1, 0.15) is 0 Å². The molecule has 0 rings (SSSR count). The molecule has 0 aliphatic rings. The molecule has 0 saturated carbocycles. The fourth-order valence-corrected chi connectivity index (χ4v) is 0. The van der Waals surface area contributed by atoms with Gasteiger partial charge in [0.1, 0.15) is 0 Å². The first kappa shape index (κ1) is 116. The summed E-state index contributed by atoms with van der Waals surface area (Å²) in [4.78, 5) is 8.33. The molecule has 0 fully saturated rings. The average Bonchev–Trinajstić information content (AvgIpc) is 0.811. The third-order valence-corrected chi connectivity index (χ3v) is 0. The summed E-state index contributed by atoms with van der Waals surface area (Å²) < 4.78 is 0. The second kappa shape index (κ2) is 90.1.